The molecule has 2 heterocycles. The molecule has 2 aromatic heterocycles. The fourth-order valence-electron chi connectivity index (χ4n) is 5.23. The van der Waals surface area contributed by atoms with Crippen molar-refractivity contribution in [2.24, 2.45) is 0 Å². The molecule has 1 nitrogen and oxygen atoms in total. The first-order chi connectivity index (χ1) is 13.9. The Morgan fingerprint density at radius 3 is 2.29 bits per heavy atom. The van der Waals surface area contributed by atoms with Gasteiger partial charge in [-0.2, -0.15) is 0 Å². The van der Waals surface area contributed by atoms with Crippen LogP contribution in [-0.4, -0.2) is 4.40 Å². The number of benzene rings is 4. The number of aromatic nitrogens is 1. The highest BCUT2D eigenvalue weighted by Crippen LogP contribution is 2.44. The van der Waals surface area contributed by atoms with E-state index in [1.54, 1.807) is 0 Å². The number of rotatable bonds is 0. The fourth-order valence-corrected chi connectivity index (χ4v) is 5.23. The molecule has 1 heteroatoms. The zero-order valence-corrected chi connectivity index (χ0v) is 15.3. The van der Waals surface area contributed by atoms with Crippen LogP contribution in [0.3, 0.4) is 0 Å². The second-order valence-electron chi connectivity index (χ2n) is 7.79. The first-order valence-electron chi connectivity index (χ1n) is 9.85. The molecule has 6 aromatic rings. The van der Waals surface area contributed by atoms with Crippen molar-refractivity contribution in [3.63, 3.8) is 0 Å². The van der Waals surface area contributed by atoms with Crippen LogP contribution < -0.4 is 0 Å². The van der Waals surface area contributed by atoms with Crippen LogP contribution >= 0.6 is 0 Å². The monoisotopic (exact) mass is 355 g/mol. The van der Waals surface area contributed by atoms with E-state index in [4.69, 9.17) is 0 Å². The van der Waals surface area contributed by atoms with Crippen molar-refractivity contribution in [1.29, 1.82) is 0 Å². The van der Waals surface area contributed by atoms with E-state index in [-0.39, 0.29) is 0 Å². The maximum atomic E-state index is 2.43. The molecule has 0 spiro atoms. The summed E-state index contributed by atoms with van der Waals surface area (Å²) in [4.78, 5) is 0. The minimum atomic E-state index is 1.02. The third-order valence-electron chi connectivity index (χ3n) is 6.39. The van der Waals surface area contributed by atoms with E-state index in [2.05, 4.69) is 95.4 Å². The summed E-state index contributed by atoms with van der Waals surface area (Å²) in [6.07, 6.45) is 1.02. The van der Waals surface area contributed by atoms with Gasteiger partial charge in [0, 0.05) is 16.2 Å². The van der Waals surface area contributed by atoms with Gasteiger partial charge >= 0.3 is 0 Å². The number of nitrogens with zero attached hydrogens (tertiary/aromatic N) is 1. The van der Waals surface area contributed by atoms with Gasteiger partial charge in [-0.3, -0.25) is 0 Å². The van der Waals surface area contributed by atoms with E-state index in [1.807, 2.05) is 0 Å². The van der Waals surface area contributed by atoms with Crippen LogP contribution in [0.4, 0.5) is 0 Å². The molecule has 0 fully saturated rings. The molecule has 1 aliphatic rings. The molecule has 0 saturated carbocycles. The van der Waals surface area contributed by atoms with Gasteiger partial charge in [0.05, 0.1) is 16.6 Å². The Bertz CT molecular complexity index is 1580. The zero-order chi connectivity index (χ0) is 18.2. The highest BCUT2D eigenvalue weighted by atomic mass is 14.9. The molecular weight excluding hydrogens is 338 g/mol. The van der Waals surface area contributed by atoms with E-state index in [1.165, 1.54) is 60.3 Å². The van der Waals surface area contributed by atoms with Crippen molar-refractivity contribution < 1.29 is 0 Å². The van der Waals surface area contributed by atoms with Crippen molar-refractivity contribution in [3.8, 4) is 11.1 Å². The summed E-state index contributed by atoms with van der Waals surface area (Å²) in [5, 5.41) is 5.40. The topological polar surface area (TPSA) is 4.41 Å². The predicted molar refractivity (Wildman–Crippen MR) is 118 cm³/mol. The molecule has 0 radical (unpaired) electrons. The Morgan fingerprint density at radius 1 is 0.571 bits per heavy atom. The van der Waals surface area contributed by atoms with Gasteiger partial charge in [-0.1, -0.05) is 72.8 Å². The molecule has 1 aliphatic carbocycles. The summed E-state index contributed by atoms with van der Waals surface area (Å²) in [6, 6.07) is 33.4. The van der Waals surface area contributed by atoms with E-state index < -0.39 is 0 Å². The lowest BCUT2D eigenvalue weighted by molar-refractivity contribution is 1.28. The molecule has 0 N–H and O–H groups in total. The normalized spacial score (nSPS) is 12.9. The first-order valence-corrected chi connectivity index (χ1v) is 9.85. The molecular formula is C27H17N. The Balaban J connectivity index is 1.77. The smallest absolute Gasteiger partial charge is 0.0547 e. The summed E-state index contributed by atoms with van der Waals surface area (Å²) in [5.74, 6) is 0. The maximum absolute atomic E-state index is 2.43. The Labute approximate surface area is 162 Å². The number of para-hydroxylation sites is 2. The minimum absolute atomic E-state index is 1.02. The third kappa shape index (κ3) is 1.67. The van der Waals surface area contributed by atoms with Crippen molar-refractivity contribution in [3.05, 3.63) is 102 Å². The number of fused-ring (bicyclic) bond motifs is 12. The van der Waals surface area contributed by atoms with E-state index in [0.717, 1.165) is 6.42 Å². The van der Waals surface area contributed by atoms with Gasteiger partial charge in [0.2, 0.25) is 0 Å². The van der Waals surface area contributed by atoms with Crippen LogP contribution in [0.1, 0.15) is 11.1 Å². The van der Waals surface area contributed by atoms with Crippen LogP contribution in [-0.2, 0) is 6.42 Å². The lowest BCUT2D eigenvalue weighted by Gasteiger charge is -2.13. The minimum Gasteiger partial charge on any atom is -0.309 e. The van der Waals surface area contributed by atoms with Crippen molar-refractivity contribution >= 4 is 38.1 Å². The predicted octanol–water partition coefficient (Wildman–Crippen LogP) is 6.97. The van der Waals surface area contributed by atoms with Gasteiger partial charge in [0.1, 0.15) is 0 Å². The van der Waals surface area contributed by atoms with Gasteiger partial charge in [0.25, 0.3) is 0 Å². The largest absolute Gasteiger partial charge is 0.309 e. The van der Waals surface area contributed by atoms with Gasteiger partial charge in [-0.25, -0.2) is 0 Å². The highest BCUT2D eigenvalue weighted by Gasteiger charge is 2.23. The van der Waals surface area contributed by atoms with E-state index >= 15 is 0 Å². The average Bonchev–Trinajstić information content (AvgIpc) is 3.32. The third-order valence-corrected chi connectivity index (χ3v) is 6.39. The highest BCUT2D eigenvalue weighted by molar-refractivity contribution is 6.18. The van der Waals surface area contributed by atoms with Gasteiger partial charge in [-0.15, -0.1) is 0 Å². The lowest BCUT2D eigenvalue weighted by Crippen LogP contribution is -1.93. The summed E-state index contributed by atoms with van der Waals surface area (Å²) in [7, 11) is 0. The summed E-state index contributed by atoms with van der Waals surface area (Å²) >= 11 is 0. The van der Waals surface area contributed by atoms with Crippen LogP contribution in [0, 0.1) is 0 Å². The quantitative estimate of drug-likeness (QED) is 0.259. The Hall–Kier alpha value is -3.58. The summed E-state index contributed by atoms with van der Waals surface area (Å²) < 4.78 is 2.43. The fraction of sp³-hybridized carbons (Fsp3) is 0.0370. The molecule has 0 unspecified atom stereocenters. The second-order valence-corrected chi connectivity index (χ2v) is 7.79. The van der Waals surface area contributed by atoms with E-state index in [9.17, 15) is 0 Å². The zero-order valence-electron chi connectivity index (χ0n) is 15.3. The van der Waals surface area contributed by atoms with Crippen molar-refractivity contribution in [2.45, 2.75) is 6.42 Å². The number of pyridine rings is 1. The van der Waals surface area contributed by atoms with Gasteiger partial charge in [0.15, 0.2) is 0 Å². The van der Waals surface area contributed by atoms with Gasteiger partial charge < -0.3 is 4.40 Å². The van der Waals surface area contributed by atoms with Crippen LogP contribution in [0.15, 0.2) is 91.0 Å². The average molecular weight is 355 g/mol. The maximum Gasteiger partial charge on any atom is 0.0547 e. The molecule has 0 aliphatic heterocycles. The Morgan fingerprint density at radius 2 is 1.32 bits per heavy atom. The molecule has 4 aromatic carbocycles. The first kappa shape index (κ1) is 14.5. The van der Waals surface area contributed by atoms with Crippen LogP contribution in [0.5, 0.6) is 0 Å². The molecule has 28 heavy (non-hydrogen) atoms. The van der Waals surface area contributed by atoms with Crippen molar-refractivity contribution in [1.82, 2.24) is 4.40 Å². The molecule has 130 valence electrons. The van der Waals surface area contributed by atoms with Gasteiger partial charge in [-0.05, 0) is 52.3 Å². The SMILES string of the molecule is c1ccc2c(c1)Cc1c-2ccc2c1c1ccccc1n1c3ccccc3cc21. The molecule has 0 bridgehead atoms. The van der Waals surface area contributed by atoms with Crippen LogP contribution in [0.25, 0.3) is 49.2 Å². The summed E-state index contributed by atoms with van der Waals surface area (Å²) in [6.45, 7) is 0. The lowest BCUT2D eigenvalue weighted by atomic mass is 9.96. The van der Waals surface area contributed by atoms with Crippen LogP contribution in [0.2, 0.25) is 0 Å². The molecule has 0 amide bonds. The van der Waals surface area contributed by atoms with Crippen molar-refractivity contribution in [2.75, 3.05) is 0 Å². The molecule has 0 saturated heterocycles. The van der Waals surface area contributed by atoms with E-state index in [0.29, 0.717) is 0 Å². The number of hydrogen-bond donors (Lipinski definition) is 0. The second kappa shape index (κ2) is 5.02. The summed E-state index contributed by atoms with van der Waals surface area (Å²) in [5.41, 5.74) is 9.57. The number of hydrogen-bond acceptors (Lipinski definition) is 0. The molecule has 7 rings (SSSR count). The Kier molecular flexibility index (Phi) is 2.60. The standard InChI is InChI=1S/C27H17N/c1-3-9-19-17(7-1)15-23-20(19)13-14-22-26-16-18-8-2-5-11-24(18)28(26)25-12-6-4-10-21(25)27(22)23/h1-14,16H,15H2. The molecule has 0 atom stereocenters.